The highest BCUT2D eigenvalue weighted by atomic mass is 31.2. The highest BCUT2D eigenvalue weighted by molar-refractivity contribution is 7.58. The minimum atomic E-state index is -4.04. The number of aliphatic carboxylic acids is 3. The molecule has 9 N–H and O–H groups in total. The fourth-order valence-corrected chi connectivity index (χ4v) is 11.3. The number of hydrogen-bond acceptors (Lipinski definition) is 13. The molecule has 4 atom stereocenters. The zero-order valence-electron chi connectivity index (χ0n) is 26.7. The Labute approximate surface area is 278 Å². The van der Waals surface area contributed by atoms with Gasteiger partial charge in [-0.3, -0.25) is 52.2 Å². The Bertz CT molecular complexity index is 1200. The zero-order valence-corrected chi connectivity index (χ0v) is 30.3. The van der Waals surface area contributed by atoms with Crippen molar-refractivity contribution in [3.8, 4) is 0 Å². The lowest BCUT2D eigenvalue weighted by atomic mass is 10.4. The molecule has 1 fully saturated rings. The summed E-state index contributed by atoms with van der Waals surface area (Å²) in [6.45, 7) is -0.0100. The quantitative estimate of drug-likeness (QED) is 0.0542. The Morgan fingerprint density at radius 3 is 0.854 bits per heavy atom. The van der Waals surface area contributed by atoms with Crippen molar-refractivity contribution in [1.29, 1.82) is 0 Å². The maximum Gasteiger partial charge on any atom is 0.303 e. The molecule has 0 radical (unpaired) electrons. The van der Waals surface area contributed by atoms with Crippen molar-refractivity contribution in [2.45, 2.75) is 32.0 Å². The molecule has 20 nitrogen and oxygen atoms in total. The molecule has 24 heteroatoms. The van der Waals surface area contributed by atoms with E-state index in [1.165, 1.54) is 19.6 Å². The summed E-state index contributed by atoms with van der Waals surface area (Å²) in [4.78, 5) is 81.3. The van der Waals surface area contributed by atoms with Gasteiger partial charge in [-0.05, 0) is 0 Å². The van der Waals surface area contributed by atoms with Gasteiger partial charge in [0.05, 0.1) is 44.4 Å². The van der Waals surface area contributed by atoms with Crippen LogP contribution in [0.2, 0.25) is 0 Å². The van der Waals surface area contributed by atoms with Crippen LogP contribution >= 0.6 is 29.5 Å². The first-order valence-corrected chi connectivity index (χ1v) is 23.2. The lowest BCUT2D eigenvalue weighted by molar-refractivity contribution is -0.137. The summed E-state index contributed by atoms with van der Waals surface area (Å²) in [5.74, 6) is -3.83. The second-order valence-electron chi connectivity index (χ2n) is 12.0. The molecule has 1 rings (SSSR count). The monoisotopic (exact) mass is 774 g/mol. The smallest absolute Gasteiger partial charge is 0.303 e. The van der Waals surface area contributed by atoms with Crippen molar-refractivity contribution in [3.63, 3.8) is 0 Å². The molecule has 0 aromatic carbocycles. The fraction of sp³-hybridized carbons (Fsp3) is 0.875. The minimum Gasteiger partial charge on any atom is -0.481 e. The van der Waals surface area contributed by atoms with Crippen LogP contribution in [0.5, 0.6) is 0 Å². The third-order valence-electron chi connectivity index (χ3n) is 7.38. The molecule has 0 aromatic heterocycles. The first kappa shape index (κ1) is 45.0. The number of carbonyl (C=O) groups is 3. The molecule has 0 saturated carbocycles. The normalized spacial score (nSPS) is 22.0. The Morgan fingerprint density at radius 1 is 0.458 bits per heavy atom. The van der Waals surface area contributed by atoms with Gasteiger partial charge in [-0.1, -0.05) is 0 Å². The van der Waals surface area contributed by atoms with Crippen LogP contribution in [0.15, 0.2) is 0 Å². The Morgan fingerprint density at radius 2 is 0.667 bits per heavy atom. The van der Waals surface area contributed by atoms with E-state index in [1.54, 1.807) is 0 Å². The number of aliphatic hydroxyl groups is 2. The second-order valence-corrected chi connectivity index (χ2v) is 21.7. The van der Waals surface area contributed by atoms with Crippen molar-refractivity contribution >= 4 is 47.4 Å². The second kappa shape index (κ2) is 20.7. The maximum absolute atomic E-state index is 12.9. The lowest BCUT2D eigenvalue weighted by Gasteiger charge is -2.36. The Kier molecular flexibility index (Phi) is 19.4. The van der Waals surface area contributed by atoms with Gasteiger partial charge < -0.3 is 45.1 Å². The molecule has 282 valence electrons. The molecule has 1 aliphatic heterocycles. The summed E-state index contributed by atoms with van der Waals surface area (Å²) in [6.07, 6.45) is -7.77. The molecule has 1 heterocycles. The van der Waals surface area contributed by atoms with Gasteiger partial charge in [0.15, 0.2) is 6.29 Å². The lowest BCUT2D eigenvalue weighted by Crippen LogP contribution is -2.46. The summed E-state index contributed by atoms with van der Waals surface area (Å²) in [5, 5.41) is 45.3. The van der Waals surface area contributed by atoms with Gasteiger partial charge in [-0.2, -0.15) is 0 Å². The largest absolute Gasteiger partial charge is 0.481 e. The molecule has 0 bridgehead atoms. The van der Waals surface area contributed by atoms with Gasteiger partial charge in [-0.25, -0.2) is 0 Å². The molecule has 1 saturated heterocycles. The van der Waals surface area contributed by atoms with Crippen LogP contribution < -0.4 is 0 Å². The first-order chi connectivity index (χ1) is 22.0. The molecule has 0 aromatic rings. The first-order valence-electron chi connectivity index (χ1n) is 15.1. The molecule has 0 amide bonds. The van der Waals surface area contributed by atoms with Crippen molar-refractivity contribution in [2.75, 3.05) is 102 Å². The van der Waals surface area contributed by atoms with E-state index in [4.69, 9.17) is 15.3 Å². The average molecular weight is 775 g/mol. The molecule has 1 aliphatic rings. The van der Waals surface area contributed by atoms with Crippen LogP contribution in [0.3, 0.4) is 0 Å². The van der Waals surface area contributed by atoms with E-state index in [0.717, 1.165) is 0 Å². The molecule has 0 aliphatic carbocycles. The predicted octanol–water partition coefficient (Wildman–Crippen LogP) is -0.755. The van der Waals surface area contributed by atoms with Gasteiger partial charge in [0, 0.05) is 83.4 Å². The number of nitrogens with zero attached hydrogens (tertiary/aromatic N) is 4. The van der Waals surface area contributed by atoms with Crippen LogP contribution in [0.4, 0.5) is 0 Å². The summed E-state index contributed by atoms with van der Waals surface area (Å²) >= 11 is 0. The summed E-state index contributed by atoms with van der Waals surface area (Å²) < 4.78 is 51.7. The van der Waals surface area contributed by atoms with Crippen molar-refractivity contribution in [2.24, 2.45) is 0 Å². The predicted molar refractivity (Wildman–Crippen MR) is 174 cm³/mol. The van der Waals surface area contributed by atoms with Gasteiger partial charge >= 0.3 is 17.9 Å². The number of carboxylic acid groups (broad SMARTS) is 3. The van der Waals surface area contributed by atoms with E-state index in [9.17, 15) is 62.4 Å². The SMILES string of the molecule is O=C(O)CCP(=O)(O)CN1CCN(CP(=O)(O)CCC(=O)O)CCN(CP(=O)(O)CCC(O)O)CCN(CP(=O)(O)CCC(=O)O)CC1. The van der Waals surface area contributed by atoms with E-state index >= 15 is 0 Å². The molecule has 0 spiro atoms. The molecule has 48 heavy (non-hydrogen) atoms. The van der Waals surface area contributed by atoms with Crippen LogP contribution in [0, 0.1) is 0 Å². The molecular formula is C24H50N4O16P4. The van der Waals surface area contributed by atoms with Gasteiger partial charge in [-0.15, -0.1) is 0 Å². The van der Waals surface area contributed by atoms with Gasteiger partial charge in [0.25, 0.3) is 0 Å². The Hall–Kier alpha value is -1.07. The fourth-order valence-electron chi connectivity index (χ4n) is 4.81. The van der Waals surface area contributed by atoms with Crippen molar-refractivity contribution in [3.05, 3.63) is 0 Å². The maximum atomic E-state index is 12.9. The van der Waals surface area contributed by atoms with Gasteiger partial charge in [0.2, 0.25) is 29.5 Å². The van der Waals surface area contributed by atoms with E-state index in [-0.39, 0.29) is 58.8 Å². The van der Waals surface area contributed by atoms with Crippen LogP contribution in [-0.4, -0.2) is 191 Å². The van der Waals surface area contributed by atoms with E-state index < -0.39 is 123 Å². The number of carboxylic acids is 3. The van der Waals surface area contributed by atoms with Crippen LogP contribution in [0.25, 0.3) is 0 Å². The van der Waals surface area contributed by atoms with Gasteiger partial charge in [0.1, 0.15) is 0 Å². The van der Waals surface area contributed by atoms with Crippen LogP contribution in [-0.2, 0) is 32.6 Å². The number of rotatable bonds is 20. The highest BCUT2D eigenvalue weighted by Gasteiger charge is 2.31. The number of hydrogen-bond donors (Lipinski definition) is 9. The standard InChI is InChI=1S/C24H50N4O16P4/c29-21(30)1-13-45(37,38)17-25-5-7-26(18-46(39,40)14-2-22(31)32)9-11-28(20-48(43,44)16-4-24(35)36)12-10-27(8-6-25)19-47(41,42)15-3-23(33)34/h21,29-30H,1-20H2,(H,31,32)(H,33,34)(H,35,36)(H,37,38)(H,39,40)(H,41,42)(H,43,44). The van der Waals surface area contributed by atoms with Crippen molar-refractivity contribution < 1.29 is 77.8 Å². The average Bonchev–Trinajstić information content (AvgIpc) is 2.94. The summed E-state index contributed by atoms with van der Waals surface area (Å²) in [7, 11) is -16.1. The van der Waals surface area contributed by atoms with E-state index in [1.807, 2.05) is 0 Å². The molecule has 4 unspecified atom stereocenters. The number of aliphatic hydroxyl groups excluding tert-OH is 1. The van der Waals surface area contributed by atoms with Crippen LogP contribution in [0.1, 0.15) is 25.7 Å². The van der Waals surface area contributed by atoms with Crippen molar-refractivity contribution in [1.82, 2.24) is 19.6 Å². The third kappa shape index (κ3) is 21.9. The zero-order chi connectivity index (χ0) is 36.8. The van der Waals surface area contributed by atoms with E-state index in [2.05, 4.69) is 0 Å². The minimum absolute atomic E-state index is 0.000983. The molecular weight excluding hydrogens is 724 g/mol. The summed E-state index contributed by atoms with van der Waals surface area (Å²) in [6, 6.07) is 0. The summed E-state index contributed by atoms with van der Waals surface area (Å²) in [5.41, 5.74) is 0. The third-order valence-corrected chi connectivity index (χ3v) is 14.5. The topological polar surface area (TPSA) is 315 Å². The van der Waals surface area contributed by atoms with E-state index in [0.29, 0.717) is 0 Å². The highest BCUT2D eigenvalue weighted by Crippen LogP contribution is 2.45. The Balaban J connectivity index is 3.38.